The average molecular weight is 415 g/mol. The number of aliphatic imine (C=N–C) groups is 1. The lowest BCUT2D eigenvalue weighted by molar-refractivity contribution is 0.281. The first kappa shape index (κ1) is 18.3. The van der Waals surface area contributed by atoms with Gasteiger partial charge < -0.3 is 19.4 Å². The van der Waals surface area contributed by atoms with Gasteiger partial charge in [-0.1, -0.05) is 18.2 Å². The highest BCUT2D eigenvalue weighted by Gasteiger charge is 2.06. The molecule has 5 nitrogen and oxygen atoms in total. The molecule has 1 aromatic heterocycles. The zero-order chi connectivity index (χ0) is 14.9. The van der Waals surface area contributed by atoms with Gasteiger partial charge in [0.15, 0.2) is 5.96 Å². The van der Waals surface area contributed by atoms with Gasteiger partial charge in [0.05, 0.1) is 19.4 Å². The third-order valence-corrected chi connectivity index (χ3v) is 3.01. The van der Waals surface area contributed by atoms with Gasteiger partial charge in [-0.25, -0.2) is 0 Å². The molecule has 0 unspecified atom stereocenters. The van der Waals surface area contributed by atoms with E-state index < -0.39 is 0 Å². The Labute approximate surface area is 148 Å². The molecule has 0 saturated carbocycles. The lowest BCUT2D eigenvalue weighted by atomic mass is 10.3. The predicted molar refractivity (Wildman–Crippen MR) is 98.9 cm³/mol. The third-order valence-electron chi connectivity index (χ3n) is 3.01. The topological polar surface area (TPSA) is 50.0 Å². The molecule has 0 spiro atoms. The molecule has 6 heteroatoms. The highest BCUT2D eigenvalue weighted by Crippen LogP contribution is 2.07. The maximum atomic E-state index is 5.68. The summed E-state index contributed by atoms with van der Waals surface area (Å²) in [5.74, 6) is 2.57. The Bertz CT molecular complexity index is 544. The second-order valence-corrected chi connectivity index (χ2v) is 4.56. The number of nitrogens with zero attached hydrogens (tertiary/aromatic N) is 2. The molecule has 1 heterocycles. The SMILES string of the molecule is CN=C(NCc1ccco1)N(C)CCOc1ccccc1.I. The average Bonchev–Trinajstić information content (AvgIpc) is 3.02. The molecule has 0 amide bonds. The zero-order valence-electron chi connectivity index (χ0n) is 12.9. The van der Waals surface area contributed by atoms with Gasteiger partial charge in [0.2, 0.25) is 0 Å². The van der Waals surface area contributed by atoms with Crippen LogP contribution >= 0.6 is 24.0 Å². The molecule has 22 heavy (non-hydrogen) atoms. The monoisotopic (exact) mass is 415 g/mol. The van der Waals surface area contributed by atoms with Gasteiger partial charge in [-0.15, -0.1) is 24.0 Å². The molecule has 0 saturated heterocycles. The molecule has 2 rings (SSSR count). The molecule has 0 atom stereocenters. The minimum atomic E-state index is 0. The van der Waals surface area contributed by atoms with Gasteiger partial charge >= 0.3 is 0 Å². The summed E-state index contributed by atoms with van der Waals surface area (Å²) in [6, 6.07) is 13.6. The first-order chi connectivity index (χ1) is 10.3. The second-order valence-electron chi connectivity index (χ2n) is 4.56. The molecule has 0 aliphatic heterocycles. The molecular formula is C16H22IN3O2. The van der Waals surface area contributed by atoms with Crippen LogP contribution in [0.5, 0.6) is 5.75 Å². The van der Waals surface area contributed by atoms with Gasteiger partial charge in [-0.3, -0.25) is 4.99 Å². The molecule has 0 aliphatic carbocycles. The van der Waals surface area contributed by atoms with Crippen molar-refractivity contribution in [2.75, 3.05) is 27.2 Å². The number of likely N-dealkylation sites (N-methyl/N-ethyl adjacent to an activating group) is 1. The number of halogens is 1. The number of rotatable bonds is 6. The molecule has 120 valence electrons. The first-order valence-electron chi connectivity index (χ1n) is 6.91. The van der Waals surface area contributed by atoms with Crippen LogP contribution in [0.3, 0.4) is 0 Å². The minimum Gasteiger partial charge on any atom is -0.492 e. The van der Waals surface area contributed by atoms with Crippen LogP contribution in [-0.2, 0) is 6.54 Å². The largest absolute Gasteiger partial charge is 0.492 e. The maximum Gasteiger partial charge on any atom is 0.193 e. The van der Waals surface area contributed by atoms with Crippen molar-refractivity contribution in [3.05, 3.63) is 54.5 Å². The fraction of sp³-hybridized carbons (Fsp3) is 0.312. The van der Waals surface area contributed by atoms with Crippen LogP contribution in [0, 0.1) is 0 Å². The number of nitrogens with one attached hydrogen (secondary N) is 1. The second kappa shape index (κ2) is 10.1. The van der Waals surface area contributed by atoms with Gasteiger partial charge in [-0.2, -0.15) is 0 Å². The molecule has 1 N–H and O–H groups in total. The van der Waals surface area contributed by atoms with Crippen molar-refractivity contribution >= 4 is 29.9 Å². The van der Waals surface area contributed by atoms with Gasteiger partial charge in [0.1, 0.15) is 18.1 Å². The Balaban J connectivity index is 0.00000242. The summed E-state index contributed by atoms with van der Waals surface area (Å²) in [7, 11) is 3.74. The van der Waals surface area contributed by atoms with Crippen molar-refractivity contribution in [1.29, 1.82) is 0 Å². The van der Waals surface area contributed by atoms with E-state index >= 15 is 0 Å². The number of furan rings is 1. The third kappa shape index (κ3) is 5.97. The fourth-order valence-electron chi connectivity index (χ4n) is 1.89. The van der Waals surface area contributed by atoms with Crippen molar-refractivity contribution in [3.8, 4) is 5.75 Å². The quantitative estimate of drug-likeness (QED) is 0.448. The molecular weight excluding hydrogens is 393 g/mol. The van der Waals surface area contributed by atoms with Crippen LogP contribution in [0.4, 0.5) is 0 Å². The minimum absolute atomic E-state index is 0. The van der Waals surface area contributed by atoms with Gasteiger partial charge in [0.25, 0.3) is 0 Å². The van der Waals surface area contributed by atoms with E-state index in [1.807, 2.05) is 54.4 Å². The maximum absolute atomic E-state index is 5.68. The van der Waals surface area contributed by atoms with Crippen molar-refractivity contribution < 1.29 is 9.15 Å². The van der Waals surface area contributed by atoms with Crippen molar-refractivity contribution in [3.63, 3.8) is 0 Å². The number of hydrogen-bond donors (Lipinski definition) is 1. The van der Waals surface area contributed by atoms with E-state index in [4.69, 9.17) is 9.15 Å². The number of hydrogen-bond acceptors (Lipinski definition) is 3. The molecule has 0 bridgehead atoms. The molecule has 0 radical (unpaired) electrons. The number of guanidine groups is 1. The normalized spacial score (nSPS) is 10.7. The zero-order valence-corrected chi connectivity index (χ0v) is 15.2. The van der Waals surface area contributed by atoms with E-state index in [9.17, 15) is 0 Å². The highest BCUT2D eigenvalue weighted by atomic mass is 127. The molecule has 1 aromatic carbocycles. The molecule has 0 aliphatic rings. The van der Waals surface area contributed by atoms with Crippen LogP contribution < -0.4 is 10.1 Å². The van der Waals surface area contributed by atoms with E-state index in [1.54, 1.807) is 13.3 Å². The Kier molecular flexibility index (Phi) is 8.42. The van der Waals surface area contributed by atoms with Crippen molar-refractivity contribution in [2.24, 2.45) is 4.99 Å². The lowest BCUT2D eigenvalue weighted by Gasteiger charge is -2.21. The number of ether oxygens (including phenoxy) is 1. The van der Waals surface area contributed by atoms with E-state index in [0.29, 0.717) is 13.2 Å². The van der Waals surface area contributed by atoms with Crippen LogP contribution in [0.1, 0.15) is 5.76 Å². The summed E-state index contributed by atoms with van der Waals surface area (Å²) in [5.41, 5.74) is 0. The van der Waals surface area contributed by atoms with Gasteiger partial charge in [-0.05, 0) is 24.3 Å². The summed E-state index contributed by atoms with van der Waals surface area (Å²) in [4.78, 5) is 6.27. The Morgan fingerprint density at radius 3 is 2.64 bits per heavy atom. The fourth-order valence-corrected chi connectivity index (χ4v) is 1.89. The van der Waals surface area contributed by atoms with Crippen LogP contribution in [0.25, 0.3) is 0 Å². The van der Waals surface area contributed by atoms with E-state index in [2.05, 4.69) is 10.3 Å². The predicted octanol–water partition coefficient (Wildman–Crippen LogP) is 2.98. The summed E-state index contributed by atoms with van der Waals surface area (Å²) < 4.78 is 11.0. The lowest BCUT2D eigenvalue weighted by Crippen LogP contribution is -2.40. The first-order valence-corrected chi connectivity index (χ1v) is 6.91. The van der Waals surface area contributed by atoms with Crippen molar-refractivity contribution in [2.45, 2.75) is 6.54 Å². The van der Waals surface area contributed by atoms with Crippen molar-refractivity contribution in [1.82, 2.24) is 10.2 Å². The summed E-state index contributed by atoms with van der Waals surface area (Å²) in [5, 5.41) is 3.25. The Morgan fingerprint density at radius 2 is 2.00 bits per heavy atom. The number of para-hydroxylation sites is 1. The Morgan fingerprint density at radius 1 is 1.23 bits per heavy atom. The van der Waals surface area contributed by atoms with E-state index in [-0.39, 0.29) is 24.0 Å². The summed E-state index contributed by atoms with van der Waals surface area (Å²) in [6.07, 6.45) is 1.66. The Hall–Kier alpha value is -1.70. The standard InChI is InChI=1S/C16H21N3O2.HI/c1-17-16(18-13-15-9-6-11-20-15)19(2)10-12-21-14-7-4-3-5-8-14;/h3-9,11H,10,12-13H2,1-2H3,(H,17,18);1H. The van der Waals surface area contributed by atoms with E-state index in [1.165, 1.54) is 0 Å². The highest BCUT2D eigenvalue weighted by molar-refractivity contribution is 14.0. The molecule has 0 fully saturated rings. The smallest absolute Gasteiger partial charge is 0.193 e. The summed E-state index contributed by atoms with van der Waals surface area (Å²) in [6.45, 7) is 1.96. The van der Waals surface area contributed by atoms with Crippen LogP contribution in [-0.4, -0.2) is 38.1 Å². The van der Waals surface area contributed by atoms with E-state index in [0.717, 1.165) is 24.0 Å². The van der Waals surface area contributed by atoms with Gasteiger partial charge in [0, 0.05) is 14.1 Å². The molecule has 2 aromatic rings. The number of benzene rings is 1. The summed E-state index contributed by atoms with van der Waals surface area (Å²) >= 11 is 0. The van der Waals surface area contributed by atoms with Crippen LogP contribution in [0.15, 0.2) is 58.1 Å². The van der Waals surface area contributed by atoms with Crippen LogP contribution in [0.2, 0.25) is 0 Å².